The van der Waals surface area contributed by atoms with Gasteiger partial charge in [-0.2, -0.15) is 0 Å². The van der Waals surface area contributed by atoms with E-state index < -0.39 is 0 Å². The second kappa shape index (κ2) is 5.97. The van der Waals surface area contributed by atoms with Crippen molar-refractivity contribution < 1.29 is 4.74 Å². The fraction of sp³-hybridized carbons (Fsp3) is 0.692. The van der Waals surface area contributed by atoms with E-state index in [4.69, 9.17) is 4.74 Å². The third-order valence-electron chi connectivity index (χ3n) is 3.03. The molecule has 2 rings (SSSR count). The van der Waals surface area contributed by atoms with Gasteiger partial charge >= 0.3 is 0 Å². The second-order valence-electron chi connectivity index (χ2n) is 5.21. The second-order valence-corrected chi connectivity index (χ2v) is 6.00. The predicted molar refractivity (Wildman–Crippen MR) is 73.8 cm³/mol. The summed E-state index contributed by atoms with van der Waals surface area (Å²) in [4.78, 5) is 19.2. The fourth-order valence-electron chi connectivity index (χ4n) is 2.20. The Morgan fingerprint density at radius 1 is 1.56 bits per heavy atom. The molecule has 1 atom stereocenters. The molecule has 2 heterocycles. The zero-order valence-corrected chi connectivity index (χ0v) is 12.4. The number of aromatic nitrogens is 2. The lowest BCUT2D eigenvalue weighted by molar-refractivity contribution is 0.109. The van der Waals surface area contributed by atoms with Crippen LogP contribution in [0.2, 0.25) is 0 Å². The highest BCUT2D eigenvalue weighted by atomic mass is 79.9. The molecule has 5 heteroatoms. The summed E-state index contributed by atoms with van der Waals surface area (Å²) in [5.41, 5.74) is 0.760. The zero-order valence-electron chi connectivity index (χ0n) is 10.8. The topological polar surface area (TPSA) is 55.0 Å². The lowest BCUT2D eigenvalue weighted by Crippen LogP contribution is -2.20. The van der Waals surface area contributed by atoms with Crippen LogP contribution >= 0.6 is 15.9 Å². The first kappa shape index (κ1) is 13.7. The van der Waals surface area contributed by atoms with E-state index in [1.165, 1.54) is 0 Å². The van der Waals surface area contributed by atoms with E-state index in [0.717, 1.165) is 37.4 Å². The van der Waals surface area contributed by atoms with Gasteiger partial charge in [-0.15, -0.1) is 0 Å². The summed E-state index contributed by atoms with van der Waals surface area (Å²) in [6.07, 6.45) is 3.88. The van der Waals surface area contributed by atoms with Gasteiger partial charge in [0.2, 0.25) is 0 Å². The van der Waals surface area contributed by atoms with Crippen molar-refractivity contribution in [3.05, 3.63) is 26.3 Å². The minimum absolute atomic E-state index is 0.0892. The van der Waals surface area contributed by atoms with Crippen LogP contribution in [-0.2, 0) is 17.6 Å². The third kappa shape index (κ3) is 3.42. The smallest absolute Gasteiger partial charge is 0.265 e. The fourth-order valence-corrected chi connectivity index (χ4v) is 2.55. The Morgan fingerprint density at radius 3 is 2.94 bits per heavy atom. The molecule has 0 spiro atoms. The number of rotatable bonds is 4. The average molecular weight is 315 g/mol. The van der Waals surface area contributed by atoms with Gasteiger partial charge in [-0.3, -0.25) is 4.79 Å². The molecule has 1 unspecified atom stereocenters. The van der Waals surface area contributed by atoms with Gasteiger partial charge in [0.15, 0.2) is 0 Å². The Morgan fingerprint density at radius 2 is 2.33 bits per heavy atom. The molecule has 0 aromatic carbocycles. The number of hydrogen-bond donors (Lipinski definition) is 1. The molecule has 0 amide bonds. The van der Waals surface area contributed by atoms with Gasteiger partial charge in [0.25, 0.3) is 5.56 Å². The van der Waals surface area contributed by atoms with Gasteiger partial charge in [-0.05, 0) is 41.1 Å². The Balaban J connectivity index is 2.20. The van der Waals surface area contributed by atoms with Crippen molar-refractivity contribution in [3.8, 4) is 0 Å². The Kier molecular flexibility index (Phi) is 4.56. The molecule has 1 fully saturated rings. The third-order valence-corrected chi connectivity index (χ3v) is 3.84. The van der Waals surface area contributed by atoms with Crippen LogP contribution in [0.3, 0.4) is 0 Å². The predicted octanol–water partition coefficient (Wildman–Crippen LogP) is 2.45. The first-order valence-corrected chi connectivity index (χ1v) is 7.24. The number of nitrogens with one attached hydrogen (secondary N) is 1. The van der Waals surface area contributed by atoms with Crippen molar-refractivity contribution in [2.45, 2.75) is 45.6 Å². The van der Waals surface area contributed by atoms with Gasteiger partial charge in [0.1, 0.15) is 10.3 Å². The van der Waals surface area contributed by atoms with Crippen LogP contribution in [0.1, 0.15) is 38.2 Å². The summed E-state index contributed by atoms with van der Waals surface area (Å²) in [7, 11) is 0. The molecular formula is C13H19BrN2O2. The van der Waals surface area contributed by atoms with Crippen LogP contribution < -0.4 is 5.56 Å². The van der Waals surface area contributed by atoms with E-state index in [1.807, 2.05) is 0 Å². The molecule has 1 aromatic rings. The largest absolute Gasteiger partial charge is 0.378 e. The van der Waals surface area contributed by atoms with Crippen LogP contribution in [-0.4, -0.2) is 22.7 Å². The summed E-state index contributed by atoms with van der Waals surface area (Å²) >= 11 is 3.32. The molecule has 4 nitrogen and oxygen atoms in total. The van der Waals surface area contributed by atoms with Crippen molar-refractivity contribution in [1.29, 1.82) is 0 Å². The number of aromatic amines is 1. The van der Waals surface area contributed by atoms with Crippen molar-refractivity contribution in [2.75, 3.05) is 6.61 Å². The lowest BCUT2D eigenvalue weighted by atomic mass is 10.1. The quantitative estimate of drug-likeness (QED) is 0.928. The normalized spacial score (nSPS) is 19.7. The van der Waals surface area contributed by atoms with Crippen LogP contribution in [0.5, 0.6) is 0 Å². The van der Waals surface area contributed by atoms with Crippen LogP contribution in [0.25, 0.3) is 0 Å². The number of hydrogen-bond acceptors (Lipinski definition) is 3. The summed E-state index contributed by atoms with van der Waals surface area (Å²) in [6, 6.07) is 0. The maximum Gasteiger partial charge on any atom is 0.265 e. The molecule has 0 bridgehead atoms. The first-order chi connectivity index (χ1) is 8.56. The molecule has 1 N–H and O–H groups in total. The molecular weight excluding hydrogens is 296 g/mol. The Labute approximate surface area is 115 Å². The maximum absolute atomic E-state index is 11.8. The van der Waals surface area contributed by atoms with E-state index in [-0.39, 0.29) is 11.7 Å². The van der Waals surface area contributed by atoms with Crippen LogP contribution in [0, 0.1) is 5.92 Å². The first-order valence-electron chi connectivity index (χ1n) is 6.45. The molecule has 1 aliphatic heterocycles. The molecule has 1 aliphatic rings. The summed E-state index contributed by atoms with van der Waals surface area (Å²) in [6.45, 7) is 5.06. The number of halogens is 1. The Bertz CT molecular complexity index is 465. The molecule has 1 saturated heterocycles. The molecule has 0 radical (unpaired) electrons. The van der Waals surface area contributed by atoms with E-state index in [2.05, 4.69) is 39.7 Å². The van der Waals surface area contributed by atoms with Gasteiger partial charge in [-0.1, -0.05) is 13.8 Å². The molecule has 100 valence electrons. The van der Waals surface area contributed by atoms with Crippen LogP contribution in [0.4, 0.5) is 0 Å². The summed E-state index contributed by atoms with van der Waals surface area (Å²) in [5, 5.41) is 0. The van der Waals surface area contributed by atoms with E-state index in [0.29, 0.717) is 16.8 Å². The van der Waals surface area contributed by atoms with Crippen molar-refractivity contribution in [2.24, 2.45) is 5.92 Å². The minimum Gasteiger partial charge on any atom is -0.378 e. The SMILES string of the molecule is CC(C)Cc1nc(CC2CCCO2)[nH]c(=O)c1Br. The monoisotopic (exact) mass is 314 g/mol. The number of H-pyrrole nitrogens is 1. The Hall–Kier alpha value is -0.680. The van der Waals surface area contributed by atoms with Crippen molar-refractivity contribution in [3.63, 3.8) is 0 Å². The van der Waals surface area contributed by atoms with Gasteiger partial charge in [0, 0.05) is 13.0 Å². The van der Waals surface area contributed by atoms with E-state index in [1.54, 1.807) is 0 Å². The van der Waals surface area contributed by atoms with E-state index >= 15 is 0 Å². The number of ether oxygens (including phenoxy) is 1. The summed E-state index contributed by atoms with van der Waals surface area (Å²) < 4.78 is 6.14. The molecule has 18 heavy (non-hydrogen) atoms. The molecule has 0 saturated carbocycles. The summed E-state index contributed by atoms with van der Waals surface area (Å²) in [5.74, 6) is 1.22. The highest BCUT2D eigenvalue weighted by Crippen LogP contribution is 2.17. The van der Waals surface area contributed by atoms with E-state index in [9.17, 15) is 4.79 Å². The minimum atomic E-state index is -0.0892. The molecule has 0 aliphatic carbocycles. The highest BCUT2D eigenvalue weighted by molar-refractivity contribution is 9.10. The van der Waals surface area contributed by atoms with Crippen molar-refractivity contribution in [1.82, 2.24) is 9.97 Å². The van der Waals surface area contributed by atoms with Crippen molar-refractivity contribution >= 4 is 15.9 Å². The lowest BCUT2D eigenvalue weighted by Gasteiger charge is -2.11. The highest BCUT2D eigenvalue weighted by Gasteiger charge is 2.18. The van der Waals surface area contributed by atoms with Crippen LogP contribution in [0.15, 0.2) is 9.27 Å². The van der Waals surface area contributed by atoms with Gasteiger partial charge in [0.05, 0.1) is 11.8 Å². The van der Waals surface area contributed by atoms with Gasteiger partial charge < -0.3 is 9.72 Å². The molecule has 1 aromatic heterocycles. The van der Waals surface area contributed by atoms with Gasteiger partial charge in [-0.25, -0.2) is 4.98 Å². The average Bonchev–Trinajstić information content (AvgIpc) is 2.77. The maximum atomic E-state index is 11.8. The standard InChI is InChI=1S/C13H19BrN2O2/c1-8(2)6-10-12(14)13(17)16-11(15-10)7-9-4-3-5-18-9/h8-9H,3-7H2,1-2H3,(H,15,16,17). The number of nitrogens with zero attached hydrogens (tertiary/aromatic N) is 1. The zero-order chi connectivity index (χ0) is 13.1.